The Hall–Kier alpha value is -1.54. The van der Waals surface area contributed by atoms with Crippen molar-refractivity contribution < 1.29 is 19.0 Å². The average Bonchev–Trinajstić information content (AvgIpc) is 2.52. The van der Waals surface area contributed by atoms with Gasteiger partial charge in [-0.1, -0.05) is 0 Å². The van der Waals surface area contributed by atoms with Crippen molar-refractivity contribution in [2.24, 2.45) is 4.99 Å². The van der Waals surface area contributed by atoms with Gasteiger partial charge in [-0.2, -0.15) is 0 Å². The van der Waals surface area contributed by atoms with E-state index >= 15 is 0 Å². The van der Waals surface area contributed by atoms with E-state index in [0.717, 1.165) is 32.0 Å². The maximum absolute atomic E-state index is 12.0. The largest absolute Gasteiger partial charge is 0.444 e. The number of nitrogens with zero attached hydrogens (tertiary/aromatic N) is 2. The molecule has 8 nitrogen and oxygen atoms in total. The molecule has 0 aromatic rings. The third kappa shape index (κ3) is 5.74. The van der Waals surface area contributed by atoms with E-state index in [0.29, 0.717) is 19.6 Å². The third-order valence-electron chi connectivity index (χ3n) is 4.51. The number of amides is 1. The lowest BCUT2D eigenvalue weighted by Gasteiger charge is -2.41. The smallest absolute Gasteiger partial charge is 0.410 e. The summed E-state index contributed by atoms with van der Waals surface area (Å²) in [5.41, 5.74) is -0.677. The van der Waals surface area contributed by atoms with E-state index in [9.17, 15) is 4.79 Å². The van der Waals surface area contributed by atoms with Gasteiger partial charge in [-0.25, -0.2) is 4.79 Å². The molecule has 2 saturated heterocycles. The summed E-state index contributed by atoms with van der Waals surface area (Å²) in [7, 11) is 3.48. The first-order valence-corrected chi connectivity index (χ1v) is 8.85. The van der Waals surface area contributed by atoms with E-state index in [-0.39, 0.29) is 17.7 Å². The van der Waals surface area contributed by atoms with Crippen molar-refractivity contribution in [1.29, 1.82) is 0 Å². The van der Waals surface area contributed by atoms with Gasteiger partial charge in [0.05, 0.1) is 11.6 Å². The van der Waals surface area contributed by atoms with Gasteiger partial charge in [-0.05, 0) is 20.8 Å². The van der Waals surface area contributed by atoms with Crippen molar-refractivity contribution in [2.45, 2.75) is 50.9 Å². The van der Waals surface area contributed by atoms with Gasteiger partial charge in [-0.3, -0.25) is 4.99 Å². The molecule has 2 heterocycles. The lowest BCUT2D eigenvalue weighted by molar-refractivity contribution is -0.0856. The molecule has 144 valence electrons. The predicted molar refractivity (Wildman–Crippen MR) is 95.9 cm³/mol. The molecule has 0 unspecified atom stereocenters. The molecule has 2 rings (SSSR count). The second-order valence-electron chi connectivity index (χ2n) is 7.65. The molecule has 1 amide bonds. The van der Waals surface area contributed by atoms with Crippen molar-refractivity contribution >= 4 is 12.1 Å². The fourth-order valence-electron chi connectivity index (χ4n) is 2.87. The number of likely N-dealkylation sites (tertiary alicyclic amines) is 1. The number of hydrogen-bond acceptors (Lipinski definition) is 5. The van der Waals surface area contributed by atoms with Crippen LogP contribution in [0.25, 0.3) is 0 Å². The van der Waals surface area contributed by atoms with Gasteiger partial charge in [0.2, 0.25) is 0 Å². The van der Waals surface area contributed by atoms with Crippen LogP contribution in [0.1, 0.15) is 33.6 Å². The van der Waals surface area contributed by atoms with Gasteiger partial charge in [0, 0.05) is 59.8 Å². The molecule has 0 radical (unpaired) electrons. The minimum Gasteiger partial charge on any atom is -0.444 e. The van der Waals surface area contributed by atoms with Crippen LogP contribution < -0.4 is 10.6 Å². The van der Waals surface area contributed by atoms with E-state index in [4.69, 9.17) is 14.2 Å². The molecule has 25 heavy (non-hydrogen) atoms. The molecule has 0 aromatic heterocycles. The van der Waals surface area contributed by atoms with Crippen LogP contribution in [-0.4, -0.2) is 81.2 Å². The number of nitrogens with one attached hydrogen (secondary N) is 2. The van der Waals surface area contributed by atoms with Crippen molar-refractivity contribution in [3.63, 3.8) is 0 Å². The van der Waals surface area contributed by atoms with Crippen LogP contribution in [0.15, 0.2) is 4.99 Å². The zero-order valence-corrected chi connectivity index (χ0v) is 16.1. The second kappa shape index (κ2) is 8.23. The van der Waals surface area contributed by atoms with Gasteiger partial charge in [0.15, 0.2) is 5.96 Å². The summed E-state index contributed by atoms with van der Waals surface area (Å²) < 4.78 is 16.5. The van der Waals surface area contributed by atoms with Crippen molar-refractivity contribution in [2.75, 3.05) is 47.0 Å². The quantitative estimate of drug-likeness (QED) is 0.577. The zero-order valence-electron chi connectivity index (χ0n) is 16.1. The standard InChI is InChI=1S/C17H32N4O4/c1-16(2,3)25-15(22)21-10-13(11-21)20-14(18-4)19-12-17(23-5)6-8-24-9-7-17/h13H,6-12H2,1-5H3,(H2,18,19,20). The Kier molecular flexibility index (Phi) is 6.51. The molecule has 2 aliphatic heterocycles. The first kappa shape index (κ1) is 19.8. The third-order valence-corrected chi connectivity index (χ3v) is 4.51. The summed E-state index contributed by atoms with van der Waals surface area (Å²) in [4.78, 5) is 17.9. The number of rotatable bonds is 4. The Balaban J connectivity index is 1.74. The molecule has 0 spiro atoms. The van der Waals surface area contributed by atoms with Gasteiger partial charge >= 0.3 is 6.09 Å². The lowest BCUT2D eigenvalue weighted by atomic mass is 9.94. The number of methoxy groups -OCH3 is 1. The molecule has 0 aromatic carbocycles. The van der Waals surface area contributed by atoms with E-state index in [1.54, 1.807) is 19.1 Å². The van der Waals surface area contributed by atoms with Crippen LogP contribution in [-0.2, 0) is 14.2 Å². The lowest BCUT2D eigenvalue weighted by Crippen LogP contribution is -2.63. The monoisotopic (exact) mass is 356 g/mol. The highest BCUT2D eigenvalue weighted by Gasteiger charge is 2.35. The zero-order chi connectivity index (χ0) is 18.5. The van der Waals surface area contributed by atoms with E-state index in [2.05, 4.69) is 15.6 Å². The number of ether oxygens (including phenoxy) is 3. The highest BCUT2D eigenvalue weighted by molar-refractivity contribution is 5.80. The Morgan fingerprint density at radius 3 is 2.48 bits per heavy atom. The molecule has 0 aliphatic carbocycles. The maximum atomic E-state index is 12.0. The summed E-state index contributed by atoms with van der Waals surface area (Å²) in [5.74, 6) is 0.719. The van der Waals surface area contributed by atoms with Crippen molar-refractivity contribution in [3.05, 3.63) is 0 Å². The van der Waals surface area contributed by atoms with Crippen LogP contribution in [0.3, 0.4) is 0 Å². The minimum atomic E-state index is -0.467. The highest BCUT2D eigenvalue weighted by atomic mass is 16.6. The molecule has 2 aliphatic rings. The highest BCUT2D eigenvalue weighted by Crippen LogP contribution is 2.23. The van der Waals surface area contributed by atoms with Crippen LogP contribution in [0, 0.1) is 0 Å². The molecule has 0 saturated carbocycles. The minimum absolute atomic E-state index is 0.173. The SMILES string of the molecule is CN=C(NCC1(OC)CCOCC1)NC1CN(C(=O)OC(C)(C)C)C1. The van der Waals surface area contributed by atoms with E-state index < -0.39 is 5.60 Å². The normalized spacial score (nSPS) is 21.5. The van der Waals surface area contributed by atoms with Crippen molar-refractivity contribution in [3.8, 4) is 0 Å². The Bertz CT molecular complexity index is 478. The van der Waals surface area contributed by atoms with Gasteiger partial charge < -0.3 is 29.7 Å². The first-order chi connectivity index (χ1) is 11.8. The Labute approximate surface area is 150 Å². The molecular weight excluding hydrogens is 324 g/mol. The number of carbonyl (C=O) groups is 1. The summed E-state index contributed by atoms with van der Waals surface area (Å²) in [5, 5.41) is 6.67. The van der Waals surface area contributed by atoms with Gasteiger partial charge in [-0.15, -0.1) is 0 Å². The second-order valence-corrected chi connectivity index (χ2v) is 7.65. The van der Waals surface area contributed by atoms with Crippen LogP contribution >= 0.6 is 0 Å². The first-order valence-electron chi connectivity index (χ1n) is 8.85. The van der Waals surface area contributed by atoms with Crippen LogP contribution in [0.2, 0.25) is 0 Å². The summed E-state index contributed by atoms with van der Waals surface area (Å²) >= 11 is 0. The van der Waals surface area contributed by atoms with Crippen molar-refractivity contribution in [1.82, 2.24) is 15.5 Å². The van der Waals surface area contributed by atoms with Gasteiger partial charge in [0.25, 0.3) is 0 Å². The van der Waals surface area contributed by atoms with Crippen LogP contribution in [0.5, 0.6) is 0 Å². The fourth-order valence-corrected chi connectivity index (χ4v) is 2.87. The van der Waals surface area contributed by atoms with Gasteiger partial charge in [0.1, 0.15) is 5.60 Å². The Morgan fingerprint density at radius 2 is 1.96 bits per heavy atom. The number of hydrogen-bond donors (Lipinski definition) is 2. The summed E-state index contributed by atoms with van der Waals surface area (Å²) in [6, 6.07) is 0.173. The average molecular weight is 356 g/mol. The molecule has 0 atom stereocenters. The molecule has 2 N–H and O–H groups in total. The van der Waals surface area contributed by atoms with E-state index in [1.165, 1.54) is 0 Å². The fraction of sp³-hybridized carbons (Fsp3) is 0.882. The number of guanidine groups is 1. The molecule has 8 heteroatoms. The Morgan fingerprint density at radius 1 is 1.32 bits per heavy atom. The summed E-state index contributed by atoms with van der Waals surface area (Å²) in [6.45, 7) is 8.94. The van der Waals surface area contributed by atoms with E-state index in [1.807, 2.05) is 20.8 Å². The summed E-state index contributed by atoms with van der Waals surface area (Å²) in [6.07, 6.45) is 1.46. The predicted octanol–water partition coefficient (Wildman–Crippen LogP) is 0.966. The number of aliphatic imine (C=N–C) groups is 1. The maximum Gasteiger partial charge on any atom is 0.410 e. The number of carbonyl (C=O) groups excluding carboxylic acids is 1. The topological polar surface area (TPSA) is 84.4 Å². The molecular formula is C17H32N4O4. The molecule has 0 bridgehead atoms. The van der Waals surface area contributed by atoms with Crippen LogP contribution in [0.4, 0.5) is 4.79 Å². The molecule has 2 fully saturated rings.